The van der Waals surface area contributed by atoms with E-state index in [1.807, 2.05) is 18.2 Å². The summed E-state index contributed by atoms with van der Waals surface area (Å²) in [5.74, 6) is 0.697. The molecule has 0 saturated carbocycles. The quantitative estimate of drug-likeness (QED) is 0.871. The van der Waals surface area contributed by atoms with Gasteiger partial charge < -0.3 is 14.8 Å². The number of rotatable bonds is 5. The minimum absolute atomic E-state index is 0.0386. The smallest absolute Gasteiger partial charge is 0.234 e. The van der Waals surface area contributed by atoms with Gasteiger partial charge in [-0.15, -0.1) is 0 Å². The second kappa shape index (κ2) is 7.38. The van der Waals surface area contributed by atoms with Crippen molar-refractivity contribution >= 4 is 17.5 Å². The van der Waals surface area contributed by atoms with Crippen LogP contribution in [0.5, 0.6) is 0 Å². The van der Waals surface area contributed by atoms with E-state index in [2.05, 4.69) is 10.2 Å². The highest BCUT2D eigenvalue weighted by molar-refractivity contribution is 6.30. The fraction of sp³-hybridized carbons (Fsp3) is 0.389. The van der Waals surface area contributed by atoms with Gasteiger partial charge in [-0.25, -0.2) is 0 Å². The van der Waals surface area contributed by atoms with Crippen molar-refractivity contribution in [3.63, 3.8) is 0 Å². The zero-order chi connectivity index (χ0) is 17.0. The Hall–Kier alpha value is -1.82. The third kappa shape index (κ3) is 4.17. The van der Waals surface area contributed by atoms with Crippen molar-refractivity contribution in [2.75, 3.05) is 19.6 Å². The van der Waals surface area contributed by atoms with Gasteiger partial charge in [-0.2, -0.15) is 0 Å². The molecule has 0 spiro atoms. The molecule has 1 aromatic heterocycles. The number of benzene rings is 1. The molecule has 1 aliphatic heterocycles. The van der Waals surface area contributed by atoms with Crippen LogP contribution in [0.2, 0.25) is 5.02 Å². The van der Waals surface area contributed by atoms with E-state index in [0.717, 1.165) is 11.3 Å². The summed E-state index contributed by atoms with van der Waals surface area (Å²) >= 11 is 5.90. The van der Waals surface area contributed by atoms with E-state index in [4.69, 9.17) is 16.0 Å². The van der Waals surface area contributed by atoms with Crippen LogP contribution in [0.1, 0.15) is 24.2 Å². The molecular formula is C18H21ClN2O3. The van der Waals surface area contributed by atoms with Crippen LogP contribution in [0.3, 0.4) is 0 Å². The molecule has 0 aliphatic carbocycles. The van der Waals surface area contributed by atoms with Gasteiger partial charge in [-0.3, -0.25) is 9.69 Å². The molecule has 0 bridgehead atoms. The Balaban J connectivity index is 1.47. The molecule has 1 fully saturated rings. The van der Waals surface area contributed by atoms with Crippen LogP contribution in [-0.4, -0.2) is 35.5 Å². The second-order valence-electron chi connectivity index (χ2n) is 6.17. The predicted molar refractivity (Wildman–Crippen MR) is 91.6 cm³/mol. The lowest BCUT2D eigenvalue weighted by Gasteiger charge is -2.38. The molecule has 1 saturated heterocycles. The van der Waals surface area contributed by atoms with Gasteiger partial charge in [0, 0.05) is 18.1 Å². The van der Waals surface area contributed by atoms with Crippen LogP contribution in [0.25, 0.3) is 0 Å². The Morgan fingerprint density at radius 1 is 1.25 bits per heavy atom. The Bertz CT molecular complexity index is 662. The molecule has 3 rings (SSSR count). The molecule has 1 amide bonds. The Labute approximate surface area is 146 Å². The highest BCUT2D eigenvalue weighted by Crippen LogP contribution is 2.33. The van der Waals surface area contributed by atoms with Gasteiger partial charge in [0.2, 0.25) is 5.91 Å². The number of furan rings is 1. The lowest BCUT2D eigenvalue weighted by atomic mass is 9.84. The largest absolute Gasteiger partial charge is 0.467 e. The summed E-state index contributed by atoms with van der Waals surface area (Å²) in [6.45, 7) is 2.08. The first kappa shape index (κ1) is 17.0. The van der Waals surface area contributed by atoms with E-state index in [0.29, 0.717) is 44.0 Å². The first-order valence-electron chi connectivity index (χ1n) is 8.05. The van der Waals surface area contributed by atoms with Crippen LogP contribution in [0, 0.1) is 0 Å². The maximum atomic E-state index is 12.0. The number of carbonyl (C=O) groups excluding carboxylic acids is 1. The summed E-state index contributed by atoms with van der Waals surface area (Å²) in [5.41, 5.74) is 0.0416. The van der Waals surface area contributed by atoms with Gasteiger partial charge in [0.15, 0.2) is 0 Å². The Kier molecular flexibility index (Phi) is 5.23. The fourth-order valence-electron chi connectivity index (χ4n) is 2.99. The van der Waals surface area contributed by atoms with E-state index in [-0.39, 0.29) is 5.91 Å². The molecule has 2 heterocycles. The molecule has 2 aromatic rings. The predicted octanol–water partition coefficient (Wildman–Crippen LogP) is 2.53. The molecule has 0 atom stereocenters. The van der Waals surface area contributed by atoms with Gasteiger partial charge >= 0.3 is 0 Å². The number of nitrogens with zero attached hydrogens (tertiary/aromatic N) is 1. The fourth-order valence-corrected chi connectivity index (χ4v) is 3.11. The first-order chi connectivity index (χ1) is 11.5. The highest BCUT2D eigenvalue weighted by Gasteiger charge is 2.34. The van der Waals surface area contributed by atoms with E-state index >= 15 is 0 Å². The van der Waals surface area contributed by atoms with Crippen molar-refractivity contribution in [3.05, 3.63) is 59.0 Å². The Morgan fingerprint density at radius 2 is 1.96 bits per heavy atom. The van der Waals surface area contributed by atoms with Gasteiger partial charge in [-0.1, -0.05) is 23.7 Å². The molecule has 2 N–H and O–H groups in total. The van der Waals surface area contributed by atoms with Crippen LogP contribution in [0.4, 0.5) is 0 Å². The van der Waals surface area contributed by atoms with Crippen LogP contribution < -0.4 is 5.32 Å². The van der Waals surface area contributed by atoms with Crippen molar-refractivity contribution in [3.8, 4) is 0 Å². The molecule has 1 aromatic carbocycles. The molecular weight excluding hydrogens is 328 g/mol. The number of nitrogens with one attached hydrogen (secondary N) is 1. The zero-order valence-corrected chi connectivity index (χ0v) is 14.1. The van der Waals surface area contributed by atoms with Crippen molar-refractivity contribution in [1.29, 1.82) is 0 Å². The summed E-state index contributed by atoms with van der Waals surface area (Å²) in [7, 11) is 0. The average molecular weight is 349 g/mol. The number of likely N-dealkylation sites (tertiary alicyclic amines) is 1. The number of aliphatic hydroxyl groups is 1. The number of halogens is 1. The number of hydrogen-bond donors (Lipinski definition) is 2. The van der Waals surface area contributed by atoms with E-state index in [1.54, 1.807) is 24.5 Å². The number of carbonyl (C=O) groups is 1. The SMILES string of the molecule is O=C(CN1CCC(O)(c2ccc(Cl)cc2)CC1)NCc1ccco1. The van der Waals surface area contributed by atoms with Crippen molar-refractivity contribution < 1.29 is 14.3 Å². The third-order valence-electron chi connectivity index (χ3n) is 4.47. The van der Waals surface area contributed by atoms with Gasteiger partial charge in [0.05, 0.1) is 25.0 Å². The Morgan fingerprint density at radius 3 is 2.58 bits per heavy atom. The topological polar surface area (TPSA) is 65.7 Å². The van der Waals surface area contributed by atoms with Gasteiger partial charge in [-0.05, 0) is 42.7 Å². The zero-order valence-electron chi connectivity index (χ0n) is 13.4. The number of amides is 1. The monoisotopic (exact) mass is 348 g/mol. The minimum Gasteiger partial charge on any atom is -0.467 e. The van der Waals surface area contributed by atoms with Crippen molar-refractivity contribution in [1.82, 2.24) is 10.2 Å². The van der Waals surface area contributed by atoms with Crippen molar-refractivity contribution in [2.45, 2.75) is 25.0 Å². The lowest BCUT2D eigenvalue weighted by molar-refractivity contribution is -0.123. The van der Waals surface area contributed by atoms with Crippen LogP contribution >= 0.6 is 11.6 Å². The maximum Gasteiger partial charge on any atom is 0.234 e. The summed E-state index contributed by atoms with van der Waals surface area (Å²) in [6.07, 6.45) is 2.78. The van der Waals surface area contributed by atoms with E-state index < -0.39 is 5.60 Å². The van der Waals surface area contributed by atoms with Crippen molar-refractivity contribution in [2.24, 2.45) is 0 Å². The van der Waals surface area contributed by atoms with Gasteiger partial charge in [0.1, 0.15) is 5.76 Å². The molecule has 6 heteroatoms. The minimum atomic E-state index is -0.842. The second-order valence-corrected chi connectivity index (χ2v) is 6.61. The molecule has 1 aliphatic rings. The maximum absolute atomic E-state index is 12.0. The molecule has 0 radical (unpaired) electrons. The summed E-state index contributed by atoms with van der Waals surface area (Å²) < 4.78 is 5.19. The summed E-state index contributed by atoms with van der Waals surface area (Å²) in [5, 5.41) is 14.3. The molecule has 5 nitrogen and oxygen atoms in total. The third-order valence-corrected chi connectivity index (χ3v) is 4.72. The lowest BCUT2D eigenvalue weighted by Crippen LogP contribution is -2.46. The average Bonchev–Trinajstić information content (AvgIpc) is 3.09. The number of piperidine rings is 1. The van der Waals surface area contributed by atoms with Crippen LogP contribution in [-0.2, 0) is 16.9 Å². The standard InChI is InChI=1S/C18H21ClN2O3/c19-15-5-3-14(4-6-15)18(23)7-9-21(10-8-18)13-17(22)20-12-16-2-1-11-24-16/h1-6,11,23H,7-10,12-13H2,(H,20,22). The summed E-state index contributed by atoms with van der Waals surface area (Å²) in [4.78, 5) is 14.1. The number of hydrogen-bond acceptors (Lipinski definition) is 4. The van der Waals surface area contributed by atoms with E-state index in [1.165, 1.54) is 0 Å². The molecule has 128 valence electrons. The summed E-state index contributed by atoms with van der Waals surface area (Å²) in [6, 6.07) is 11.0. The van der Waals surface area contributed by atoms with E-state index in [9.17, 15) is 9.90 Å². The first-order valence-corrected chi connectivity index (χ1v) is 8.43. The van der Waals surface area contributed by atoms with Crippen LogP contribution in [0.15, 0.2) is 47.1 Å². The normalized spacial score (nSPS) is 17.6. The highest BCUT2D eigenvalue weighted by atomic mass is 35.5. The van der Waals surface area contributed by atoms with Gasteiger partial charge in [0.25, 0.3) is 0 Å². The molecule has 0 unspecified atom stereocenters. The molecule has 24 heavy (non-hydrogen) atoms.